The van der Waals surface area contributed by atoms with Gasteiger partial charge in [-0.3, -0.25) is 0 Å². The number of anilines is 1. The van der Waals surface area contributed by atoms with Crippen molar-refractivity contribution in [3.05, 3.63) is 24.3 Å². The Balaban J connectivity index is 1.78. The van der Waals surface area contributed by atoms with Crippen molar-refractivity contribution in [1.29, 1.82) is 0 Å². The van der Waals surface area contributed by atoms with Gasteiger partial charge in [0.15, 0.2) is 0 Å². The van der Waals surface area contributed by atoms with Gasteiger partial charge in [-0.1, -0.05) is 0 Å². The molecule has 0 unspecified atom stereocenters. The Morgan fingerprint density at radius 2 is 1.78 bits per heavy atom. The predicted molar refractivity (Wildman–Crippen MR) is 83.6 cm³/mol. The van der Waals surface area contributed by atoms with E-state index in [9.17, 15) is 18.0 Å². The Morgan fingerprint density at radius 3 is 2.26 bits per heavy atom. The molecule has 1 aromatic rings. The quantitative estimate of drug-likeness (QED) is 0.826. The van der Waals surface area contributed by atoms with Crippen molar-refractivity contribution in [1.82, 2.24) is 4.90 Å². The molecule has 0 radical (unpaired) electrons. The molecule has 1 heterocycles. The van der Waals surface area contributed by atoms with Crippen molar-refractivity contribution in [2.24, 2.45) is 0 Å². The third-order valence-corrected chi connectivity index (χ3v) is 3.73. The highest BCUT2D eigenvalue weighted by Crippen LogP contribution is 2.37. The molecular formula is C15H19F3N2O2S. The maximum atomic E-state index is 12.2. The largest absolute Gasteiger partial charge is 0.446 e. The minimum Gasteiger partial charge on any atom is -0.444 e. The Bertz CT molecular complexity index is 549. The lowest BCUT2D eigenvalue weighted by atomic mass is 10.1. The Labute approximate surface area is 137 Å². The molecule has 1 saturated heterocycles. The van der Waals surface area contributed by atoms with Crippen LogP contribution in [0.4, 0.5) is 23.7 Å². The predicted octanol–water partition coefficient (Wildman–Crippen LogP) is 4.33. The number of likely N-dealkylation sites (tertiary alicyclic amines) is 1. The number of rotatable bonds is 3. The summed E-state index contributed by atoms with van der Waals surface area (Å²) in [6.45, 7) is 6.44. The van der Waals surface area contributed by atoms with Gasteiger partial charge >= 0.3 is 11.6 Å². The minimum absolute atomic E-state index is 0.0728. The van der Waals surface area contributed by atoms with Gasteiger partial charge in [-0.15, -0.1) is 0 Å². The van der Waals surface area contributed by atoms with Gasteiger partial charge in [0.25, 0.3) is 0 Å². The van der Waals surface area contributed by atoms with Gasteiger partial charge in [-0.05, 0) is 56.8 Å². The van der Waals surface area contributed by atoms with Crippen molar-refractivity contribution in [2.45, 2.75) is 42.8 Å². The van der Waals surface area contributed by atoms with Gasteiger partial charge in [0, 0.05) is 23.7 Å². The molecule has 8 heteroatoms. The van der Waals surface area contributed by atoms with Crippen LogP contribution in [0.25, 0.3) is 0 Å². The summed E-state index contributed by atoms with van der Waals surface area (Å²) >= 11 is -0.140. The molecule has 2 rings (SSSR count). The molecule has 0 aliphatic carbocycles. The number of carbonyl (C=O) groups excluding carboxylic acids is 1. The number of hydrogen-bond donors (Lipinski definition) is 1. The van der Waals surface area contributed by atoms with E-state index in [4.69, 9.17) is 4.74 Å². The van der Waals surface area contributed by atoms with E-state index in [1.807, 2.05) is 0 Å². The summed E-state index contributed by atoms with van der Waals surface area (Å²) in [5, 5.41) is 3.18. The van der Waals surface area contributed by atoms with Crippen molar-refractivity contribution in [3.8, 4) is 0 Å². The molecular weight excluding hydrogens is 329 g/mol. The molecule has 0 atom stereocenters. The van der Waals surface area contributed by atoms with Gasteiger partial charge in [-0.25, -0.2) is 4.79 Å². The van der Waals surface area contributed by atoms with Crippen LogP contribution in [0.15, 0.2) is 29.2 Å². The van der Waals surface area contributed by atoms with E-state index >= 15 is 0 Å². The second kappa shape index (κ2) is 6.51. The molecule has 0 spiro atoms. The number of ether oxygens (including phenoxy) is 1. The zero-order chi connectivity index (χ0) is 17.3. The monoisotopic (exact) mass is 348 g/mol. The average molecular weight is 348 g/mol. The van der Waals surface area contributed by atoms with Gasteiger partial charge < -0.3 is 15.0 Å². The second-order valence-electron chi connectivity index (χ2n) is 6.30. The number of hydrogen-bond acceptors (Lipinski definition) is 4. The number of halogens is 3. The number of nitrogens with one attached hydrogen (secondary N) is 1. The van der Waals surface area contributed by atoms with Crippen molar-refractivity contribution < 1.29 is 22.7 Å². The van der Waals surface area contributed by atoms with E-state index in [0.29, 0.717) is 13.1 Å². The number of benzene rings is 1. The van der Waals surface area contributed by atoms with Crippen LogP contribution >= 0.6 is 11.8 Å². The second-order valence-corrected chi connectivity index (χ2v) is 7.44. The standard InChI is InChI=1S/C15H19F3N2O2S/c1-14(2,3)22-13(21)20-8-11(9-20)19-10-4-6-12(7-5-10)23-15(16,17)18/h4-7,11,19H,8-9H2,1-3H3. The number of thioether (sulfide) groups is 1. The molecule has 4 nitrogen and oxygen atoms in total. The van der Waals surface area contributed by atoms with Crippen LogP contribution in [0, 0.1) is 0 Å². The SMILES string of the molecule is CC(C)(C)OC(=O)N1CC(Nc2ccc(SC(F)(F)F)cc2)C1. The summed E-state index contributed by atoms with van der Waals surface area (Å²) in [5.74, 6) is 0. The molecule has 1 aliphatic rings. The van der Waals surface area contributed by atoms with Gasteiger partial charge in [0.1, 0.15) is 5.60 Å². The fourth-order valence-electron chi connectivity index (χ4n) is 2.03. The number of amides is 1. The molecule has 1 aliphatic heterocycles. The lowest BCUT2D eigenvalue weighted by Crippen LogP contribution is -2.57. The van der Waals surface area contributed by atoms with Crippen LogP contribution in [0.5, 0.6) is 0 Å². The summed E-state index contributed by atoms with van der Waals surface area (Å²) < 4.78 is 42.0. The molecule has 0 aromatic heterocycles. The van der Waals surface area contributed by atoms with Crippen LogP contribution in [-0.2, 0) is 4.74 Å². The summed E-state index contributed by atoms with van der Waals surface area (Å²) in [7, 11) is 0. The van der Waals surface area contributed by atoms with Crippen LogP contribution in [0.3, 0.4) is 0 Å². The van der Waals surface area contributed by atoms with E-state index < -0.39 is 11.1 Å². The molecule has 1 fully saturated rings. The highest BCUT2D eigenvalue weighted by atomic mass is 32.2. The van der Waals surface area contributed by atoms with E-state index in [2.05, 4.69) is 5.32 Å². The minimum atomic E-state index is -4.28. The third-order valence-electron chi connectivity index (χ3n) is 2.99. The lowest BCUT2D eigenvalue weighted by Gasteiger charge is -2.40. The number of nitrogens with zero attached hydrogens (tertiary/aromatic N) is 1. The van der Waals surface area contributed by atoms with E-state index in [0.717, 1.165) is 5.69 Å². The maximum Gasteiger partial charge on any atom is 0.446 e. The smallest absolute Gasteiger partial charge is 0.444 e. The van der Waals surface area contributed by atoms with Gasteiger partial charge in [-0.2, -0.15) is 13.2 Å². The summed E-state index contributed by atoms with van der Waals surface area (Å²) in [5.41, 5.74) is -4.08. The van der Waals surface area contributed by atoms with E-state index in [-0.39, 0.29) is 28.8 Å². The van der Waals surface area contributed by atoms with Crippen LogP contribution in [-0.4, -0.2) is 41.2 Å². The molecule has 0 saturated carbocycles. The topological polar surface area (TPSA) is 41.6 Å². The molecule has 23 heavy (non-hydrogen) atoms. The Hall–Kier alpha value is -1.57. The highest BCUT2D eigenvalue weighted by molar-refractivity contribution is 8.00. The summed E-state index contributed by atoms with van der Waals surface area (Å²) in [4.78, 5) is 13.5. The van der Waals surface area contributed by atoms with Crippen molar-refractivity contribution in [3.63, 3.8) is 0 Å². The maximum absolute atomic E-state index is 12.2. The molecule has 1 amide bonds. The van der Waals surface area contributed by atoms with Gasteiger partial charge in [0.05, 0.1) is 6.04 Å². The summed E-state index contributed by atoms with van der Waals surface area (Å²) in [6.07, 6.45) is -0.354. The molecule has 1 aromatic carbocycles. The first-order valence-corrected chi connectivity index (χ1v) is 7.94. The van der Waals surface area contributed by atoms with E-state index in [1.54, 1.807) is 37.8 Å². The number of alkyl halides is 3. The first kappa shape index (κ1) is 17.8. The van der Waals surface area contributed by atoms with Crippen molar-refractivity contribution in [2.75, 3.05) is 18.4 Å². The Morgan fingerprint density at radius 1 is 1.22 bits per heavy atom. The van der Waals surface area contributed by atoms with Crippen LogP contribution in [0.2, 0.25) is 0 Å². The van der Waals surface area contributed by atoms with Gasteiger partial charge in [0.2, 0.25) is 0 Å². The Kier molecular flexibility index (Phi) is 5.03. The molecule has 1 N–H and O–H groups in total. The van der Waals surface area contributed by atoms with Crippen LogP contribution in [0.1, 0.15) is 20.8 Å². The number of carbonyl (C=O) groups is 1. The third kappa shape index (κ3) is 5.85. The molecule has 0 bridgehead atoms. The van der Waals surface area contributed by atoms with E-state index in [1.165, 1.54) is 12.1 Å². The fourth-order valence-corrected chi connectivity index (χ4v) is 2.57. The van der Waals surface area contributed by atoms with Crippen molar-refractivity contribution >= 4 is 23.5 Å². The zero-order valence-electron chi connectivity index (χ0n) is 13.1. The first-order chi connectivity index (χ1) is 10.5. The molecule has 128 valence electrons. The first-order valence-electron chi connectivity index (χ1n) is 7.12. The fraction of sp³-hybridized carbons (Fsp3) is 0.533. The van der Waals surface area contributed by atoms with Crippen LogP contribution < -0.4 is 5.32 Å². The zero-order valence-corrected chi connectivity index (χ0v) is 13.9. The normalized spacial score (nSPS) is 16.0. The average Bonchev–Trinajstić information content (AvgIpc) is 2.31. The highest BCUT2D eigenvalue weighted by Gasteiger charge is 2.33. The summed E-state index contributed by atoms with van der Waals surface area (Å²) in [6, 6.07) is 6.12. The lowest BCUT2D eigenvalue weighted by molar-refractivity contribution is -0.0328.